The van der Waals surface area contributed by atoms with Crippen molar-refractivity contribution in [3.05, 3.63) is 40.4 Å². The van der Waals surface area contributed by atoms with Crippen molar-refractivity contribution in [2.75, 3.05) is 13.6 Å². The molecular weight excluding hydrogens is 318 g/mol. The molecule has 108 valence electrons. The second-order valence-corrected chi connectivity index (χ2v) is 6.19. The van der Waals surface area contributed by atoms with Crippen molar-refractivity contribution in [1.29, 1.82) is 0 Å². The van der Waals surface area contributed by atoms with Crippen molar-refractivity contribution in [2.45, 2.75) is 25.4 Å². The highest BCUT2D eigenvalue weighted by Gasteiger charge is 2.26. The number of carbonyl (C=O) groups excluding carboxylic acids is 1. The molecule has 0 spiro atoms. The maximum Gasteiger partial charge on any atom is 0.246 e. The Bertz CT molecular complexity index is 501. The summed E-state index contributed by atoms with van der Waals surface area (Å²) in [5.74, 6) is 0.195. The first-order valence-electron chi connectivity index (χ1n) is 6.93. The summed E-state index contributed by atoms with van der Waals surface area (Å²) in [5.41, 5.74) is 0.982. The molecule has 1 saturated carbocycles. The van der Waals surface area contributed by atoms with E-state index in [0.717, 1.165) is 29.3 Å². The fourth-order valence-electron chi connectivity index (χ4n) is 2.57. The van der Waals surface area contributed by atoms with Gasteiger partial charge < -0.3 is 10.0 Å². The van der Waals surface area contributed by atoms with Gasteiger partial charge in [0.15, 0.2) is 0 Å². The van der Waals surface area contributed by atoms with Gasteiger partial charge >= 0.3 is 0 Å². The van der Waals surface area contributed by atoms with Crippen LogP contribution in [0.25, 0.3) is 6.08 Å². The van der Waals surface area contributed by atoms with Crippen LogP contribution in [0.3, 0.4) is 0 Å². The van der Waals surface area contributed by atoms with Crippen LogP contribution in [0.4, 0.5) is 0 Å². The maximum absolute atomic E-state index is 12.1. The van der Waals surface area contributed by atoms with Crippen LogP contribution in [0, 0.1) is 5.92 Å². The molecule has 1 fully saturated rings. The zero-order valence-corrected chi connectivity index (χ0v) is 13.2. The van der Waals surface area contributed by atoms with Crippen molar-refractivity contribution in [3.8, 4) is 0 Å². The van der Waals surface area contributed by atoms with E-state index in [9.17, 15) is 9.90 Å². The van der Waals surface area contributed by atoms with Crippen LogP contribution in [0.5, 0.6) is 0 Å². The molecule has 2 unspecified atom stereocenters. The Morgan fingerprint density at radius 3 is 2.85 bits per heavy atom. The van der Waals surface area contributed by atoms with E-state index in [2.05, 4.69) is 15.9 Å². The first-order chi connectivity index (χ1) is 9.58. The lowest BCUT2D eigenvalue weighted by Crippen LogP contribution is -2.33. The van der Waals surface area contributed by atoms with E-state index in [1.807, 2.05) is 30.3 Å². The maximum atomic E-state index is 12.1. The Kier molecular flexibility index (Phi) is 5.38. The van der Waals surface area contributed by atoms with Crippen LogP contribution in [0.1, 0.15) is 24.8 Å². The van der Waals surface area contributed by atoms with Crippen molar-refractivity contribution in [3.63, 3.8) is 0 Å². The molecule has 20 heavy (non-hydrogen) atoms. The summed E-state index contributed by atoms with van der Waals surface area (Å²) in [5, 5.41) is 9.80. The molecule has 0 heterocycles. The van der Waals surface area contributed by atoms with Crippen LogP contribution < -0.4 is 0 Å². The molecule has 1 N–H and O–H groups in total. The third kappa shape index (κ3) is 3.93. The lowest BCUT2D eigenvalue weighted by atomic mass is 10.1. The van der Waals surface area contributed by atoms with Crippen molar-refractivity contribution in [1.82, 2.24) is 4.90 Å². The highest BCUT2D eigenvalue weighted by molar-refractivity contribution is 9.10. The summed E-state index contributed by atoms with van der Waals surface area (Å²) >= 11 is 3.45. The number of aliphatic hydroxyl groups is 1. The van der Waals surface area contributed by atoms with E-state index in [-0.39, 0.29) is 17.9 Å². The number of carbonyl (C=O) groups is 1. The monoisotopic (exact) mass is 337 g/mol. The fourth-order valence-corrected chi connectivity index (χ4v) is 2.99. The molecule has 1 aromatic rings. The van der Waals surface area contributed by atoms with E-state index < -0.39 is 0 Å². The third-order valence-corrected chi connectivity index (χ3v) is 4.54. The first-order valence-corrected chi connectivity index (χ1v) is 7.73. The number of nitrogens with zero attached hydrogens (tertiary/aromatic N) is 1. The number of hydrogen-bond acceptors (Lipinski definition) is 2. The zero-order chi connectivity index (χ0) is 14.5. The lowest BCUT2D eigenvalue weighted by molar-refractivity contribution is -0.125. The van der Waals surface area contributed by atoms with Crippen molar-refractivity contribution >= 4 is 27.9 Å². The molecule has 3 nitrogen and oxygen atoms in total. The highest BCUT2D eigenvalue weighted by Crippen LogP contribution is 2.26. The Morgan fingerprint density at radius 2 is 2.20 bits per heavy atom. The Balaban J connectivity index is 1.92. The predicted molar refractivity (Wildman–Crippen MR) is 84.2 cm³/mol. The molecular formula is C16H20BrNO2. The zero-order valence-electron chi connectivity index (χ0n) is 11.6. The van der Waals surface area contributed by atoms with Crippen LogP contribution >= 0.6 is 15.9 Å². The number of aliphatic hydroxyl groups excluding tert-OH is 1. The van der Waals surface area contributed by atoms with E-state index in [1.54, 1.807) is 18.0 Å². The van der Waals surface area contributed by atoms with Gasteiger partial charge in [0.2, 0.25) is 5.91 Å². The average Bonchev–Trinajstić information content (AvgIpc) is 2.83. The van der Waals surface area contributed by atoms with E-state index >= 15 is 0 Å². The summed E-state index contributed by atoms with van der Waals surface area (Å²) < 4.78 is 0.970. The normalized spacial score (nSPS) is 22.4. The van der Waals surface area contributed by atoms with E-state index in [4.69, 9.17) is 0 Å². The quantitative estimate of drug-likeness (QED) is 0.857. The smallest absolute Gasteiger partial charge is 0.246 e. The molecule has 0 aliphatic heterocycles. The fraction of sp³-hybridized carbons (Fsp3) is 0.438. The van der Waals surface area contributed by atoms with Crippen LogP contribution in [-0.4, -0.2) is 35.6 Å². The van der Waals surface area contributed by atoms with Gasteiger partial charge in [-0.1, -0.05) is 40.5 Å². The van der Waals surface area contributed by atoms with Crippen molar-refractivity contribution in [2.24, 2.45) is 5.92 Å². The van der Waals surface area contributed by atoms with Crippen molar-refractivity contribution < 1.29 is 9.90 Å². The summed E-state index contributed by atoms with van der Waals surface area (Å²) in [6.07, 6.45) is 6.07. The SMILES string of the molecule is CN(CC1CCCC1O)C(=O)/C=C/c1ccccc1Br. The van der Waals surface area contributed by atoms with Gasteiger partial charge in [0.05, 0.1) is 6.10 Å². The van der Waals surface area contributed by atoms with Gasteiger partial charge in [-0.2, -0.15) is 0 Å². The molecule has 0 aromatic heterocycles. The van der Waals surface area contributed by atoms with Gasteiger partial charge in [-0.05, 0) is 30.5 Å². The summed E-state index contributed by atoms with van der Waals surface area (Å²) in [6.45, 7) is 0.625. The van der Waals surface area contributed by atoms with E-state index in [1.165, 1.54) is 0 Å². The third-order valence-electron chi connectivity index (χ3n) is 3.81. The molecule has 0 bridgehead atoms. The topological polar surface area (TPSA) is 40.5 Å². The summed E-state index contributed by atoms with van der Waals surface area (Å²) in [4.78, 5) is 13.8. The molecule has 4 heteroatoms. The van der Waals surface area contributed by atoms with E-state index in [0.29, 0.717) is 6.54 Å². The summed E-state index contributed by atoms with van der Waals surface area (Å²) in [7, 11) is 1.79. The Morgan fingerprint density at radius 1 is 1.45 bits per heavy atom. The van der Waals surface area contributed by atoms with Crippen LogP contribution in [-0.2, 0) is 4.79 Å². The average molecular weight is 338 g/mol. The molecule has 1 aromatic carbocycles. The number of rotatable bonds is 4. The van der Waals surface area contributed by atoms with Gasteiger partial charge in [-0.25, -0.2) is 0 Å². The molecule has 2 atom stereocenters. The van der Waals surface area contributed by atoms with Gasteiger partial charge in [-0.3, -0.25) is 4.79 Å². The second-order valence-electron chi connectivity index (χ2n) is 5.33. The molecule has 1 aliphatic carbocycles. The minimum Gasteiger partial charge on any atom is -0.393 e. The number of benzene rings is 1. The van der Waals surface area contributed by atoms with Gasteiger partial charge in [0.25, 0.3) is 0 Å². The first kappa shape index (κ1) is 15.3. The van der Waals surface area contributed by atoms with Crippen LogP contribution in [0.2, 0.25) is 0 Å². The van der Waals surface area contributed by atoms with Gasteiger partial charge in [0.1, 0.15) is 0 Å². The number of likely N-dealkylation sites (N-methyl/N-ethyl adjacent to an activating group) is 1. The van der Waals surface area contributed by atoms with Crippen LogP contribution in [0.15, 0.2) is 34.8 Å². The number of amides is 1. The number of hydrogen-bond donors (Lipinski definition) is 1. The lowest BCUT2D eigenvalue weighted by Gasteiger charge is -2.22. The molecule has 2 rings (SSSR count). The molecule has 0 radical (unpaired) electrons. The molecule has 1 amide bonds. The number of halogens is 1. The standard InChI is InChI=1S/C16H20BrNO2/c1-18(11-13-6-4-8-15(13)19)16(20)10-9-12-5-2-3-7-14(12)17/h2-3,5,7,9-10,13,15,19H,4,6,8,11H2,1H3/b10-9+. The van der Waals surface area contributed by atoms with Gasteiger partial charge in [-0.15, -0.1) is 0 Å². The Labute approximate surface area is 128 Å². The minimum absolute atomic E-state index is 0.0279. The Hall–Kier alpha value is -1.13. The second kappa shape index (κ2) is 7.04. The summed E-state index contributed by atoms with van der Waals surface area (Å²) in [6, 6.07) is 7.78. The largest absolute Gasteiger partial charge is 0.393 e. The van der Waals surface area contributed by atoms with Gasteiger partial charge in [0, 0.05) is 30.1 Å². The predicted octanol–water partition coefficient (Wildman–Crippen LogP) is 3.08. The molecule has 1 aliphatic rings. The molecule has 0 saturated heterocycles. The highest BCUT2D eigenvalue weighted by atomic mass is 79.9. The minimum atomic E-state index is -0.252.